The van der Waals surface area contributed by atoms with E-state index in [9.17, 15) is 4.79 Å². The maximum Gasteiger partial charge on any atom is 0.237 e. The Labute approximate surface area is 121 Å². The number of carbonyl (C=O) groups is 1. The van der Waals surface area contributed by atoms with Crippen molar-refractivity contribution in [2.45, 2.75) is 57.5 Å². The van der Waals surface area contributed by atoms with Crippen LogP contribution in [0.1, 0.15) is 57.1 Å². The number of nitrogens with one attached hydrogen (secondary N) is 1. The molecule has 1 heterocycles. The monoisotopic (exact) mass is 275 g/mol. The van der Waals surface area contributed by atoms with Crippen LogP contribution in [-0.2, 0) is 4.79 Å². The van der Waals surface area contributed by atoms with Gasteiger partial charge in [-0.15, -0.1) is 0 Å². The van der Waals surface area contributed by atoms with Gasteiger partial charge < -0.3 is 11.1 Å². The maximum absolute atomic E-state index is 12.1. The third-order valence-corrected chi connectivity index (χ3v) is 4.19. The van der Waals surface area contributed by atoms with E-state index in [-0.39, 0.29) is 11.9 Å². The van der Waals surface area contributed by atoms with E-state index >= 15 is 0 Å². The molecule has 0 spiro atoms. The molecule has 1 unspecified atom stereocenters. The first-order chi connectivity index (χ1) is 9.66. The standard InChI is InChI=1S/C16H25N3O/c1-12(14-8-5-9-18-11-14)19-16(20)15(17)10-13-6-3-2-4-7-13/h5,8-9,11-13,15H,2-4,6-7,10,17H2,1H3,(H,19,20)/t12-,15?/m0/s1. The third-order valence-electron chi connectivity index (χ3n) is 4.19. The minimum atomic E-state index is -0.391. The first kappa shape index (κ1) is 15.0. The average molecular weight is 275 g/mol. The number of pyridine rings is 1. The van der Waals surface area contributed by atoms with E-state index < -0.39 is 6.04 Å². The zero-order valence-electron chi connectivity index (χ0n) is 12.2. The molecule has 20 heavy (non-hydrogen) atoms. The van der Waals surface area contributed by atoms with Crippen molar-refractivity contribution in [3.05, 3.63) is 30.1 Å². The Morgan fingerprint density at radius 1 is 1.45 bits per heavy atom. The van der Waals surface area contributed by atoms with Crippen molar-refractivity contribution in [2.24, 2.45) is 11.7 Å². The molecular weight excluding hydrogens is 250 g/mol. The molecule has 0 radical (unpaired) electrons. The highest BCUT2D eigenvalue weighted by Crippen LogP contribution is 2.27. The first-order valence-corrected chi connectivity index (χ1v) is 7.62. The van der Waals surface area contributed by atoms with Gasteiger partial charge in [0.2, 0.25) is 5.91 Å². The molecule has 2 atom stereocenters. The topological polar surface area (TPSA) is 68.0 Å². The minimum absolute atomic E-state index is 0.0476. The van der Waals surface area contributed by atoms with Gasteiger partial charge in [-0.3, -0.25) is 9.78 Å². The molecule has 2 rings (SSSR count). The smallest absolute Gasteiger partial charge is 0.237 e. The van der Waals surface area contributed by atoms with Crippen LogP contribution in [0.25, 0.3) is 0 Å². The molecule has 0 saturated heterocycles. The summed E-state index contributed by atoms with van der Waals surface area (Å²) in [4.78, 5) is 16.2. The highest BCUT2D eigenvalue weighted by molar-refractivity contribution is 5.81. The number of amides is 1. The summed E-state index contributed by atoms with van der Waals surface area (Å²) >= 11 is 0. The van der Waals surface area contributed by atoms with Gasteiger partial charge in [0.1, 0.15) is 0 Å². The van der Waals surface area contributed by atoms with Crippen LogP contribution >= 0.6 is 0 Å². The van der Waals surface area contributed by atoms with Crippen molar-refractivity contribution < 1.29 is 4.79 Å². The molecule has 1 aliphatic carbocycles. The van der Waals surface area contributed by atoms with Crippen LogP contribution in [0, 0.1) is 5.92 Å². The molecule has 110 valence electrons. The van der Waals surface area contributed by atoms with Crippen molar-refractivity contribution >= 4 is 5.91 Å². The van der Waals surface area contributed by atoms with Crippen LogP contribution in [0.15, 0.2) is 24.5 Å². The van der Waals surface area contributed by atoms with E-state index in [1.807, 2.05) is 19.1 Å². The molecule has 0 aromatic carbocycles. The molecular formula is C16H25N3O. The van der Waals surface area contributed by atoms with Crippen molar-refractivity contribution in [2.75, 3.05) is 0 Å². The van der Waals surface area contributed by atoms with Gasteiger partial charge in [-0.2, -0.15) is 0 Å². The van der Waals surface area contributed by atoms with E-state index in [2.05, 4.69) is 10.3 Å². The van der Waals surface area contributed by atoms with Gasteiger partial charge in [-0.1, -0.05) is 38.2 Å². The summed E-state index contributed by atoms with van der Waals surface area (Å²) in [7, 11) is 0. The van der Waals surface area contributed by atoms with Gasteiger partial charge >= 0.3 is 0 Å². The molecule has 1 aliphatic rings. The second-order valence-electron chi connectivity index (χ2n) is 5.86. The summed E-state index contributed by atoms with van der Waals surface area (Å²) in [5, 5.41) is 2.98. The first-order valence-electron chi connectivity index (χ1n) is 7.62. The fourth-order valence-electron chi connectivity index (χ4n) is 2.92. The van der Waals surface area contributed by atoms with E-state index in [0.717, 1.165) is 12.0 Å². The third kappa shape index (κ3) is 4.30. The van der Waals surface area contributed by atoms with Crippen molar-refractivity contribution in [3.63, 3.8) is 0 Å². The summed E-state index contributed by atoms with van der Waals surface area (Å²) in [6.07, 6.45) is 10.7. The quantitative estimate of drug-likeness (QED) is 0.867. The Balaban J connectivity index is 1.81. The van der Waals surface area contributed by atoms with Crippen LogP contribution in [-0.4, -0.2) is 16.9 Å². The Kier molecular flexibility index (Phi) is 5.53. The van der Waals surface area contributed by atoms with Crippen molar-refractivity contribution in [1.29, 1.82) is 0 Å². The van der Waals surface area contributed by atoms with Gasteiger partial charge in [-0.25, -0.2) is 0 Å². The fraction of sp³-hybridized carbons (Fsp3) is 0.625. The predicted octanol–water partition coefficient (Wildman–Crippen LogP) is 2.56. The van der Waals surface area contributed by atoms with E-state index in [1.165, 1.54) is 32.1 Å². The Hall–Kier alpha value is -1.42. The van der Waals surface area contributed by atoms with Crippen molar-refractivity contribution in [3.8, 4) is 0 Å². The summed E-state index contributed by atoms with van der Waals surface area (Å²) in [6, 6.07) is 3.40. The molecule has 3 N–H and O–H groups in total. The van der Waals surface area contributed by atoms with E-state index in [4.69, 9.17) is 5.73 Å². The molecule has 1 aromatic rings. The number of rotatable bonds is 5. The average Bonchev–Trinajstić information content (AvgIpc) is 2.49. The van der Waals surface area contributed by atoms with Crippen LogP contribution in [0.4, 0.5) is 0 Å². The maximum atomic E-state index is 12.1. The van der Waals surface area contributed by atoms with Gasteiger partial charge in [-0.05, 0) is 30.9 Å². The zero-order valence-corrected chi connectivity index (χ0v) is 12.2. The van der Waals surface area contributed by atoms with Gasteiger partial charge in [0.25, 0.3) is 0 Å². The number of nitrogens with zero attached hydrogens (tertiary/aromatic N) is 1. The number of hydrogen-bond acceptors (Lipinski definition) is 3. The van der Waals surface area contributed by atoms with Gasteiger partial charge in [0, 0.05) is 12.4 Å². The second kappa shape index (κ2) is 7.39. The summed E-state index contributed by atoms with van der Waals surface area (Å²) < 4.78 is 0. The molecule has 4 nitrogen and oxygen atoms in total. The lowest BCUT2D eigenvalue weighted by Gasteiger charge is -2.25. The molecule has 0 bridgehead atoms. The number of aromatic nitrogens is 1. The Morgan fingerprint density at radius 2 is 2.20 bits per heavy atom. The normalized spacial score (nSPS) is 19.3. The Morgan fingerprint density at radius 3 is 2.85 bits per heavy atom. The molecule has 0 aliphatic heterocycles. The van der Waals surface area contributed by atoms with Crippen LogP contribution in [0.3, 0.4) is 0 Å². The van der Waals surface area contributed by atoms with Crippen molar-refractivity contribution in [1.82, 2.24) is 10.3 Å². The van der Waals surface area contributed by atoms with Crippen LogP contribution in [0.5, 0.6) is 0 Å². The lowest BCUT2D eigenvalue weighted by atomic mass is 9.85. The number of carbonyl (C=O) groups excluding carboxylic acids is 1. The number of hydrogen-bond donors (Lipinski definition) is 2. The lowest BCUT2D eigenvalue weighted by Crippen LogP contribution is -2.42. The molecule has 1 fully saturated rings. The summed E-state index contributed by atoms with van der Waals surface area (Å²) in [5.74, 6) is 0.574. The van der Waals surface area contributed by atoms with Crippen LogP contribution < -0.4 is 11.1 Å². The van der Waals surface area contributed by atoms with Gasteiger partial charge in [0.15, 0.2) is 0 Å². The summed E-state index contributed by atoms with van der Waals surface area (Å²) in [6.45, 7) is 1.96. The Bertz CT molecular complexity index is 415. The SMILES string of the molecule is C[C@H](NC(=O)C(N)CC1CCCCC1)c1cccnc1. The minimum Gasteiger partial charge on any atom is -0.348 e. The van der Waals surface area contributed by atoms with E-state index in [0.29, 0.717) is 5.92 Å². The van der Waals surface area contributed by atoms with Crippen LogP contribution in [0.2, 0.25) is 0 Å². The lowest BCUT2D eigenvalue weighted by molar-refractivity contribution is -0.123. The fourth-order valence-corrected chi connectivity index (χ4v) is 2.92. The second-order valence-corrected chi connectivity index (χ2v) is 5.86. The highest BCUT2D eigenvalue weighted by Gasteiger charge is 2.22. The van der Waals surface area contributed by atoms with E-state index in [1.54, 1.807) is 12.4 Å². The zero-order chi connectivity index (χ0) is 14.4. The molecule has 1 aromatic heterocycles. The molecule has 1 saturated carbocycles. The number of nitrogens with two attached hydrogens (primary N) is 1. The van der Waals surface area contributed by atoms with Gasteiger partial charge in [0.05, 0.1) is 12.1 Å². The largest absolute Gasteiger partial charge is 0.348 e. The predicted molar refractivity (Wildman–Crippen MR) is 80.0 cm³/mol. The highest BCUT2D eigenvalue weighted by atomic mass is 16.2. The molecule has 4 heteroatoms. The molecule has 1 amide bonds. The summed E-state index contributed by atoms with van der Waals surface area (Å²) in [5.41, 5.74) is 7.05.